The van der Waals surface area contributed by atoms with E-state index in [0.29, 0.717) is 4.47 Å². The van der Waals surface area contributed by atoms with Crippen molar-refractivity contribution in [1.82, 2.24) is 0 Å². The minimum atomic E-state index is -1.45. The highest BCUT2D eigenvalue weighted by molar-refractivity contribution is 9.10. The average Bonchev–Trinajstić information content (AvgIpc) is 2.44. The van der Waals surface area contributed by atoms with Crippen LogP contribution >= 0.6 is 15.9 Å². The highest BCUT2D eigenvalue weighted by Gasteiger charge is 2.50. The Hall–Kier alpha value is -2.42. The molecule has 0 spiro atoms. The van der Waals surface area contributed by atoms with Crippen LogP contribution in [0.4, 0.5) is 5.69 Å². The van der Waals surface area contributed by atoms with Crippen molar-refractivity contribution in [3.63, 3.8) is 0 Å². The third-order valence-electron chi connectivity index (χ3n) is 3.96. The van der Waals surface area contributed by atoms with Gasteiger partial charge in [0, 0.05) is 28.4 Å². The maximum atomic E-state index is 12.3. The van der Waals surface area contributed by atoms with Crippen LogP contribution in [-0.4, -0.2) is 27.8 Å². The van der Waals surface area contributed by atoms with Crippen molar-refractivity contribution in [3.05, 3.63) is 37.9 Å². The van der Waals surface area contributed by atoms with Crippen LogP contribution in [0, 0.1) is 15.5 Å². The van der Waals surface area contributed by atoms with E-state index < -0.39 is 45.1 Å². The topological polar surface area (TPSA) is 116 Å². The Bertz CT molecular complexity index is 787. The van der Waals surface area contributed by atoms with Gasteiger partial charge in [0.15, 0.2) is 0 Å². The summed E-state index contributed by atoms with van der Waals surface area (Å²) in [4.78, 5) is 34.7. The molecule has 8 nitrogen and oxygen atoms in total. The molecule has 0 amide bonds. The number of carbonyl (C=O) groups is 2. The summed E-state index contributed by atoms with van der Waals surface area (Å²) < 4.78 is 10.8. The summed E-state index contributed by atoms with van der Waals surface area (Å²) in [5.41, 5.74) is -1.80. The number of halogens is 1. The second kappa shape index (κ2) is 6.14. The molecule has 0 bridgehead atoms. The molecule has 1 N–H and O–H groups in total. The van der Waals surface area contributed by atoms with E-state index in [1.165, 1.54) is 13.0 Å². The first-order valence-corrected chi connectivity index (χ1v) is 8.00. The predicted octanol–water partition coefficient (Wildman–Crippen LogP) is 3.31. The van der Waals surface area contributed by atoms with Gasteiger partial charge in [-0.2, -0.15) is 0 Å². The maximum absolute atomic E-state index is 12.3. The normalized spacial score (nSPS) is 20.8. The zero-order valence-corrected chi connectivity index (χ0v) is 15.5. The van der Waals surface area contributed by atoms with E-state index in [1.54, 1.807) is 20.8 Å². The first-order chi connectivity index (χ1) is 11.4. The van der Waals surface area contributed by atoms with E-state index >= 15 is 0 Å². The molecule has 1 saturated heterocycles. The van der Waals surface area contributed by atoms with Crippen LogP contribution in [0.2, 0.25) is 0 Å². The Morgan fingerprint density at radius 2 is 1.76 bits per heavy atom. The fourth-order valence-corrected chi connectivity index (χ4v) is 2.47. The molecule has 0 aliphatic carbocycles. The van der Waals surface area contributed by atoms with Crippen molar-refractivity contribution in [2.24, 2.45) is 5.41 Å². The maximum Gasteiger partial charge on any atom is 0.348 e. The van der Waals surface area contributed by atoms with Gasteiger partial charge in [-0.05, 0) is 12.1 Å². The van der Waals surface area contributed by atoms with E-state index in [1.807, 2.05) is 0 Å². The number of esters is 2. The van der Waals surface area contributed by atoms with Gasteiger partial charge in [0.1, 0.15) is 5.57 Å². The number of nitrogens with zero attached hydrogens (tertiary/aromatic N) is 1. The number of cyclic esters (lactones) is 2. The molecule has 9 heteroatoms. The molecule has 2 rings (SSSR count). The lowest BCUT2D eigenvalue weighted by Gasteiger charge is -2.42. The molecule has 1 aliphatic heterocycles. The van der Waals surface area contributed by atoms with Gasteiger partial charge in [-0.15, -0.1) is 0 Å². The third-order valence-corrected chi connectivity index (χ3v) is 4.42. The number of carbonyl (C=O) groups excluding carboxylic acids is 2. The number of benzene rings is 1. The first kappa shape index (κ1) is 18.9. The summed E-state index contributed by atoms with van der Waals surface area (Å²) in [7, 11) is 0. The molecule has 1 fully saturated rings. The number of nitro benzene ring substituents is 1. The SMILES string of the molecule is CC(C)(C)C1(C)OC(=O)C(=Cc2cc(Br)cc([N+](=O)[O-])c2O)C(=O)O1. The molecule has 0 unspecified atom stereocenters. The largest absolute Gasteiger partial charge is 0.502 e. The lowest BCUT2D eigenvalue weighted by Crippen LogP contribution is -2.52. The van der Waals surface area contributed by atoms with Crippen LogP contribution in [0.5, 0.6) is 5.75 Å². The summed E-state index contributed by atoms with van der Waals surface area (Å²) in [6.45, 7) is 6.70. The molecular formula is C16H16BrNO7. The average molecular weight is 414 g/mol. The molecule has 1 aromatic carbocycles. The fraction of sp³-hybridized carbons (Fsp3) is 0.375. The second-order valence-electron chi connectivity index (χ2n) is 6.65. The van der Waals surface area contributed by atoms with Gasteiger partial charge in [-0.1, -0.05) is 36.7 Å². The van der Waals surface area contributed by atoms with Crippen LogP contribution in [0.1, 0.15) is 33.3 Å². The molecular weight excluding hydrogens is 398 g/mol. The van der Waals surface area contributed by atoms with Gasteiger partial charge in [-0.25, -0.2) is 9.59 Å². The van der Waals surface area contributed by atoms with Crippen LogP contribution in [0.15, 0.2) is 22.2 Å². The number of hydrogen-bond acceptors (Lipinski definition) is 7. The van der Waals surface area contributed by atoms with Crippen molar-refractivity contribution >= 4 is 39.6 Å². The molecule has 1 aliphatic rings. The highest BCUT2D eigenvalue weighted by Crippen LogP contribution is 2.40. The van der Waals surface area contributed by atoms with Crippen molar-refractivity contribution < 1.29 is 29.1 Å². The summed E-state index contributed by atoms with van der Waals surface area (Å²) in [5, 5.41) is 21.0. The minimum absolute atomic E-state index is 0.0932. The Kier molecular flexibility index (Phi) is 4.65. The number of aromatic hydroxyl groups is 1. The minimum Gasteiger partial charge on any atom is -0.502 e. The smallest absolute Gasteiger partial charge is 0.348 e. The molecule has 1 heterocycles. The lowest BCUT2D eigenvalue weighted by molar-refractivity contribution is -0.386. The van der Waals surface area contributed by atoms with Gasteiger partial charge >= 0.3 is 17.6 Å². The van der Waals surface area contributed by atoms with Crippen LogP contribution in [0.25, 0.3) is 6.08 Å². The van der Waals surface area contributed by atoms with Crippen LogP contribution in [-0.2, 0) is 19.1 Å². The molecule has 0 atom stereocenters. The van der Waals surface area contributed by atoms with Gasteiger partial charge < -0.3 is 14.6 Å². The van der Waals surface area contributed by atoms with Crippen LogP contribution < -0.4 is 0 Å². The summed E-state index contributed by atoms with van der Waals surface area (Å²) >= 11 is 3.08. The number of rotatable bonds is 2. The van der Waals surface area contributed by atoms with Crippen molar-refractivity contribution in [3.8, 4) is 5.75 Å². The number of phenols is 1. The number of nitro groups is 1. The second-order valence-corrected chi connectivity index (χ2v) is 7.57. The Balaban J connectivity index is 2.49. The van der Waals surface area contributed by atoms with Crippen molar-refractivity contribution in [1.29, 1.82) is 0 Å². The summed E-state index contributed by atoms with van der Waals surface area (Å²) in [5.74, 6) is -4.00. The molecule has 0 aromatic heterocycles. The van der Waals surface area contributed by atoms with Crippen LogP contribution in [0.3, 0.4) is 0 Å². The van der Waals surface area contributed by atoms with E-state index in [2.05, 4.69) is 15.9 Å². The molecule has 1 aromatic rings. The number of ether oxygens (including phenoxy) is 2. The zero-order chi connectivity index (χ0) is 19.2. The number of hydrogen-bond donors (Lipinski definition) is 1. The highest BCUT2D eigenvalue weighted by atomic mass is 79.9. The fourth-order valence-electron chi connectivity index (χ4n) is 2.00. The zero-order valence-electron chi connectivity index (χ0n) is 14.0. The quantitative estimate of drug-likeness (QED) is 0.260. The predicted molar refractivity (Wildman–Crippen MR) is 90.5 cm³/mol. The molecule has 25 heavy (non-hydrogen) atoms. The van der Waals surface area contributed by atoms with Gasteiger partial charge in [0.05, 0.1) is 4.92 Å². The van der Waals surface area contributed by atoms with Crippen molar-refractivity contribution in [2.75, 3.05) is 0 Å². The monoisotopic (exact) mass is 413 g/mol. The van der Waals surface area contributed by atoms with Gasteiger partial charge in [0.2, 0.25) is 5.75 Å². The molecule has 134 valence electrons. The van der Waals surface area contributed by atoms with E-state index in [0.717, 1.165) is 12.1 Å². The Morgan fingerprint density at radius 3 is 2.20 bits per heavy atom. The molecule has 0 radical (unpaired) electrons. The Labute approximate surface area is 151 Å². The summed E-state index contributed by atoms with van der Waals surface area (Å²) in [6, 6.07) is 2.43. The van der Waals surface area contributed by atoms with E-state index in [4.69, 9.17) is 9.47 Å². The Morgan fingerprint density at radius 1 is 1.24 bits per heavy atom. The van der Waals surface area contributed by atoms with E-state index in [9.17, 15) is 24.8 Å². The lowest BCUT2D eigenvalue weighted by atomic mass is 9.85. The summed E-state index contributed by atoms with van der Waals surface area (Å²) in [6.07, 6.45) is 1.00. The third kappa shape index (κ3) is 3.51. The van der Waals surface area contributed by atoms with Crippen molar-refractivity contribution in [2.45, 2.75) is 33.5 Å². The van der Waals surface area contributed by atoms with Gasteiger partial charge in [-0.3, -0.25) is 10.1 Å². The first-order valence-electron chi connectivity index (χ1n) is 7.21. The number of phenolic OH excluding ortho intramolecular Hbond substituents is 1. The van der Waals surface area contributed by atoms with E-state index in [-0.39, 0.29) is 5.56 Å². The van der Waals surface area contributed by atoms with Gasteiger partial charge in [0.25, 0.3) is 5.79 Å². The molecule has 0 saturated carbocycles. The standard InChI is InChI=1S/C16H16BrNO7/c1-15(2,3)16(4)24-13(20)10(14(21)25-16)6-8-5-9(17)7-11(12(8)19)18(22)23/h5-7,19H,1-4H3.